The van der Waals surface area contributed by atoms with E-state index < -0.39 is 0 Å². The Morgan fingerprint density at radius 1 is 1.15 bits per heavy atom. The van der Waals surface area contributed by atoms with E-state index in [1.165, 1.54) is 6.07 Å². The standard InChI is InChI=1S/C20H20N4O3/c1-3-27-17-10-9-14(11-18(17)26-2)13-21-24-20-22-16(12-19(25)23-20)15-7-5-4-6-8-15/h4-13H,3H2,1-2H3,(H2,22,23,24,25)/b21-13+. The van der Waals surface area contributed by atoms with Gasteiger partial charge in [0, 0.05) is 11.6 Å². The molecule has 0 radical (unpaired) electrons. The number of aromatic amines is 1. The maximum absolute atomic E-state index is 11.9. The first-order valence-electron chi connectivity index (χ1n) is 8.46. The van der Waals surface area contributed by atoms with Crippen LogP contribution in [0.2, 0.25) is 0 Å². The number of rotatable bonds is 7. The topological polar surface area (TPSA) is 88.6 Å². The molecule has 0 amide bonds. The highest BCUT2D eigenvalue weighted by Crippen LogP contribution is 2.27. The fourth-order valence-corrected chi connectivity index (χ4v) is 2.47. The smallest absolute Gasteiger partial charge is 0.252 e. The van der Waals surface area contributed by atoms with Crippen LogP contribution in [-0.4, -0.2) is 29.9 Å². The van der Waals surface area contributed by atoms with Crippen molar-refractivity contribution in [3.63, 3.8) is 0 Å². The van der Waals surface area contributed by atoms with Gasteiger partial charge in [0.1, 0.15) is 0 Å². The Morgan fingerprint density at radius 2 is 1.96 bits per heavy atom. The van der Waals surface area contributed by atoms with Crippen LogP contribution in [-0.2, 0) is 0 Å². The summed E-state index contributed by atoms with van der Waals surface area (Å²) >= 11 is 0. The third-order valence-corrected chi connectivity index (χ3v) is 3.68. The molecule has 7 heteroatoms. The van der Waals surface area contributed by atoms with Gasteiger partial charge in [-0.3, -0.25) is 9.78 Å². The molecule has 2 N–H and O–H groups in total. The number of hydrogen-bond acceptors (Lipinski definition) is 6. The predicted octanol–water partition coefficient (Wildman–Crippen LogP) is 3.29. The summed E-state index contributed by atoms with van der Waals surface area (Å²) < 4.78 is 10.8. The molecule has 0 aliphatic carbocycles. The van der Waals surface area contributed by atoms with E-state index in [-0.39, 0.29) is 11.5 Å². The Kier molecular flexibility index (Phi) is 5.84. The lowest BCUT2D eigenvalue weighted by molar-refractivity contribution is 0.311. The van der Waals surface area contributed by atoms with E-state index in [0.717, 1.165) is 11.1 Å². The van der Waals surface area contributed by atoms with Crippen molar-refractivity contribution in [3.05, 3.63) is 70.5 Å². The Bertz CT molecular complexity index is 984. The van der Waals surface area contributed by atoms with Crippen molar-refractivity contribution in [3.8, 4) is 22.8 Å². The van der Waals surface area contributed by atoms with E-state index in [1.54, 1.807) is 13.3 Å². The first kappa shape index (κ1) is 18.2. The fraction of sp³-hybridized carbons (Fsp3) is 0.150. The summed E-state index contributed by atoms with van der Waals surface area (Å²) in [6, 6.07) is 16.4. The van der Waals surface area contributed by atoms with Gasteiger partial charge in [0.25, 0.3) is 5.56 Å². The van der Waals surface area contributed by atoms with Crippen LogP contribution in [0.3, 0.4) is 0 Å². The van der Waals surface area contributed by atoms with Gasteiger partial charge in [0.2, 0.25) is 5.95 Å². The molecule has 27 heavy (non-hydrogen) atoms. The summed E-state index contributed by atoms with van der Waals surface area (Å²) in [6.45, 7) is 2.47. The first-order chi connectivity index (χ1) is 13.2. The molecule has 0 saturated carbocycles. The van der Waals surface area contributed by atoms with Crippen LogP contribution in [0.25, 0.3) is 11.3 Å². The first-order valence-corrected chi connectivity index (χ1v) is 8.46. The minimum Gasteiger partial charge on any atom is -0.493 e. The molecule has 0 spiro atoms. The second-order valence-electron chi connectivity index (χ2n) is 5.56. The second kappa shape index (κ2) is 8.66. The molecular formula is C20H20N4O3. The minimum absolute atomic E-state index is 0.260. The summed E-state index contributed by atoms with van der Waals surface area (Å²) in [5.41, 5.74) is 4.72. The van der Waals surface area contributed by atoms with E-state index in [4.69, 9.17) is 9.47 Å². The predicted molar refractivity (Wildman–Crippen MR) is 106 cm³/mol. The van der Waals surface area contributed by atoms with E-state index >= 15 is 0 Å². The van der Waals surface area contributed by atoms with Crippen LogP contribution in [0.5, 0.6) is 11.5 Å². The highest BCUT2D eigenvalue weighted by atomic mass is 16.5. The summed E-state index contributed by atoms with van der Waals surface area (Å²) in [4.78, 5) is 18.9. The molecule has 7 nitrogen and oxygen atoms in total. The average Bonchev–Trinajstić information content (AvgIpc) is 2.69. The Hall–Kier alpha value is -3.61. The van der Waals surface area contributed by atoms with Crippen LogP contribution in [0, 0.1) is 0 Å². The molecule has 3 aromatic rings. The van der Waals surface area contributed by atoms with Gasteiger partial charge >= 0.3 is 0 Å². The van der Waals surface area contributed by atoms with Gasteiger partial charge in [-0.25, -0.2) is 10.4 Å². The fourth-order valence-electron chi connectivity index (χ4n) is 2.47. The third-order valence-electron chi connectivity index (χ3n) is 3.68. The summed E-state index contributed by atoms with van der Waals surface area (Å²) in [6.07, 6.45) is 1.60. The normalized spacial score (nSPS) is 10.7. The maximum atomic E-state index is 11.9. The Balaban J connectivity index is 1.77. The summed E-state index contributed by atoms with van der Waals surface area (Å²) in [5, 5.41) is 4.13. The molecule has 1 heterocycles. The molecule has 0 unspecified atom stereocenters. The van der Waals surface area contributed by atoms with Crippen molar-refractivity contribution in [1.82, 2.24) is 9.97 Å². The van der Waals surface area contributed by atoms with Crippen molar-refractivity contribution in [2.45, 2.75) is 6.92 Å². The second-order valence-corrected chi connectivity index (χ2v) is 5.56. The Labute approximate surface area is 156 Å². The van der Waals surface area contributed by atoms with Crippen molar-refractivity contribution >= 4 is 12.2 Å². The van der Waals surface area contributed by atoms with Gasteiger partial charge in [0.15, 0.2) is 11.5 Å². The lowest BCUT2D eigenvalue weighted by Gasteiger charge is -2.09. The van der Waals surface area contributed by atoms with Crippen molar-refractivity contribution in [1.29, 1.82) is 0 Å². The number of ether oxygens (including phenoxy) is 2. The number of hydrazone groups is 1. The minimum atomic E-state index is -0.260. The van der Waals surface area contributed by atoms with E-state index in [2.05, 4.69) is 20.5 Å². The van der Waals surface area contributed by atoms with Gasteiger partial charge in [-0.2, -0.15) is 5.10 Å². The molecule has 0 aliphatic heterocycles. The Morgan fingerprint density at radius 3 is 2.70 bits per heavy atom. The molecule has 0 fully saturated rings. The third kappa shape index (κ3) is 4.72. The van der Waals surface area contributed by atoms with Crippen LogP contribution in [0.4, 0.5) is 5.95 Å². The quantitative estimate of drug-likeness (QED) is 0.496. The molecule has 0 aliphatic rings. The highest BCUT2D eigenvalue weighted by molar-refractivity contribution is 5.81. The SMILES string of the molecule is CCOc1ccc(/C=N/Nc2nc(-c3ccccc3)cc(=O)[nH]2)cc1OC. The molecule has 1 aromatic heterocycles. The van der Waals surface area contributed by atoms with Crippen LogP contribution in [0.1, 0.15) is 12.5 Å². The lowest BCUT2D eigenvalue weighted by Crippen LogP contribution is -2.10. The van der Waals surface area contributed by atoms with Gasteiger partial charge in [-0.1, -0.05) is 30.3 Å². The van der Waals surface area contributed by atoms with Crippen LogP contribution >= 0.6 is 0 Å². The van der Waals surface area contributed by atoms with Crippen LogP contribution < -0.4 is 20.5 Å². The summed E-state index contributed by atoms with van der Waals surface area (Å²) in [7, 11) is 1.58. The van der Waals surface area contributed by atoms with Crippen LogP contribution in [0.15, 0.2) is 64.5 Å². The van der Waals surface area contributed by atoms with Gasteiger partial charge in [0.05, 0.1) is 25.6 Å². The number of aromatic nitrogens is 2. The number of hydrogen-bond donors (Lipinski definition) is 2. The summed E-state index contributed by atoms with van der Waals surface area (Å²) in [5.74, 6) is 1.56. The maximum Gasteiger partial charge on any atom is 0.252 e. The molecule has 0 atom stereocenters. The van der Waals surface area contributed by atoms with Gasteiger partial charge < -0.3 is 9.47 Å². The zero-order valence-electron chi connectivity index (χ0n) is 15.1. The zero-order valence-corrected chi connectivity index (χ0v) is 15.1. The molecule has 138 valence electrons. The number of nitrogens with one attached hydrogen (secondary N) is 2. The molecule has 2 aromatic carbocycles. The van der Waals surface area contributed by atoms with Crippen molar-refractivity contribution < 1.29 is 9.47 Å². The number of methoxy groups -OCH3 is 1. The van der Waals surface area contributed by atoms with Gasteiger partial charge in [-0.15, -0.1) is 0 Å². The largest absolute Gasteiger partial charge is 0.493 e. The number of anilines is 1. The zero-order chi connectivity index (χ0) is 19.1. The molecular weight excluding hydrogens is 344 g/mol. The van der Waals surface area contributed by atoms with Gasteiger partial charge in [-0.05, 0) is 30.7 Å². The number of H-pyrrole nitrogens is 1. The molecule has 0 bridgehead atoms. The molecule has 0 saturated heterocycles. The van der Waals surface area contributed by atoms with E-state index in [1.807, 2.05) is 55.5 Å². The van der Waals surface area contributed by atoms with E-state index in [0.29, 0.717) is 23.8 Å². The monoisotopic (exact) mass is 364 g/mol. The van der Waals surface area contributed by atoms with Crippen molar-refractivity contribution in [2.75, 3.05) is 19.1 Å². The number of nitrogens with zero attached hydrogens (tertiary/aromatic N) is 2. The highest BCUT2D eigenvalue weighted by Gasteiger charge is 2.05. The lowest BCUT2D eigenvalue weighted by atomic mass is 10.1. The molecule has 3 rings (SSSR count). The average molecular weight is 364 g/mol. The van der Waals surface area contributed by atoms with E-state index in [9.17, 15) is 4.79 Å². The van der Waals surface area contributed by atoms with Crippen molar-refractivity contribution in [2.24, 2.45) is 5.10 Å². The number of benzene rings is 2.